The van der Waals surface area contributed by atoms with E-state index in [1.54, 1.807) is 6.20 Å². The molecule has 0 radical (unpaired) electrons. The van der Waals surface area contributed by atoms with Crippen molar-refractivity contribution in [1.82, 2.24) is 10.2 Å². The van der Waals surface area contributed by atoms with Gasteiger partial charge in [0.25, 0.3) is 0 Å². The molecule has 1 aromatic heterocycles. The third kappa shape index (κ3) is 2.50. The lowest BCUT2D eigenvalue weighted by molar-refractivity contribution is 0.142. The zero-order valence-corrected chi connectivity index (χ0v) is 9.74. The van der Waals surface area contributed by atoms with Crippen LogP contribution < -0.4 is 5.32 Å². The smallest absolute Gasteiger partial charge is 0.148 e. The maximum Gasteiger partial charge on any atom is 0.148 e. The van der Waals surface area contributed by atoms with Crippen molar-refractivity contribution in [1.29, 1.82) is 0 Å². The summed E-state index contributed by atoms with van der Waals surface area (Å²) in [6, 6.07) is 1.98. The molecule has 0 spiro atoms. The van der Waals surface area contributed by atoms with Crippen molar-refractivity contribution in [2.24, 2.45) is 5.41 Å². The monoisotopic (exact) mass is 221 g/mol. The highest BCUT2D eigenvalue weighted by molar-refractivity contribution is 5.35. The van der Waals surface area contributed by atoms with Crippen molar-refractivity contribution in [3.8, 4) is 0 Å². The molecule has 1 saturated carbocycles. The number of aryl methyl sites for hydroxylation is 1. The molecule has 0 bridgehead atoms. The van der Waals surface area contributed by atoms with Crippen molar-refractivity contribution < 1.29 is 5.11 Å². The molecule has 2 N–H and O–H groups in total. The van der Waals surface area contributed by atoms with Gasteiger partial charge in [0.1, 0.15) is 5.82 Å². The number of hydrogen-bond acceptors (Lipinski definition) is 4. The first-order valence-electron chi connectivity index (χ1n) is 5.88. The van der Waals surface area contributed by atoms with Crippen LogP contribution in [0.2, 0.25) is 0 Å². The fraction of sp³-hybridized carbons (Fsp3) is 0.667. The Morgan fingerprint density at radius 2 is 2.19 bits per heavy atom. The van der Waals surface area contributed by atoms with Crippen molar-refractivity contribution in [2.75, 3.05) is 18.5 Å². The van der Waals surface area contributed by atoms with E-state index < -0.39 is 0 Å². The highest BCUT2D eigenvalue weighted by Crippen LogP contribution is 2.37. The van der Waals surface area contributed by atoms with E-state index in [9.17, 15) is 5.11 Å². The number of aliphatic hydroxyl groups excluding tert-OH is 1. The topological polar surface area (TPSA) is 58.0 Å². The Kier molecular flexibility index (Phi) is 3.39. The van der Waals surface area contributed by atoms with Gasteiger partial charge < -0.3 is 10.4 Å². The minimum atomic E-state index is 0.0609. The van der Waals surface area contributed by atoms with Gasteiger partial charge in [-0.1, -0.05) is 12.8 Å². The second kappa shape index (κ2) is 4.78. The van der Waals surface area contributed by atoms with Gasteiger partial charge >= 0.3 is 0 Å². The first kappa shape index (κ1) is 11.3. The van der Waals surface area contributed by atoms with Gasteiger partial charge in [-0.3, -0.25) is 0 Å². The molecule has 0 aromatic carbocycles. The molecule has 0 amide bonds. The minimum absolute atomic E-state index is 0.0609. The Labute approximate surface area is 96.1 Å². The number of rotatable bonds is 4. The quantitative estimate of drug-likeness (QED) is 0.813. The summed E-state index contributed by atoms with van der Waals surface area (Å²) in [5.74, 6) is 0.805. The Morgan fingerprint density at radius 1 is 1.44 bits per heavy atom. The summed E-state index contributed by atoms with van der Waals surface area (Å²) in [7, 11) is 0. The van der Waals surface area contributed by atoms with Crippen molar-refractivity contribution >= 4 is 5.82 Å². The maximum atomic E-state index is 9.47. The molecule has 1 aromatic rings. The molecular weight excluding hydrogens is 202 g/mol. The highest BCUT2D eigenvalue weighted by atomic mass is 16.3. The van der Waals surface area contributed by atoms with Crippen molar-refractivity contribution in [2.45, 2.75) is 32.6 Å². The number of nitrogens with zero attached hydrogens (tertiary/aromatic N) is 2. The molecule has 4 nitrogen and oxygen atoms in total. The zero-order chi connectivity index (χ0) is 11.4. The number of aliphatic hydroxyl groups is 1. The lowest BCUT2D eigenvalue weighted by Crippen LogP contribution is -2.30. The van der Waals surface area contributed by atoms with Crippen LogP contribution in [-0.4, -0.2) is 28.5 Å². The van der Waals surface area contributed by atoms with Crippen LogP contribution in [0.15, 0.2) is 12.3 Å². The summed E-state index contributed by atoms with van der Waals surface area (Å²) < 4.78 is 0. The molecule has 16 heavy (non-hydrogen) atoms. The molecule has 1 aliphatic carbocycles. The first-order valence-corrected chi connectivity index (χ1v) is 5.88. The number of nitrogens with one attached hydrogen (secondary N) is 1. The van der Waals surface area contributed by atoms with E-state index in [1.807, 2.05) is 13.0 Å². The van der Waals surface area contributed by atoms with Crippen molar-refractivity contribution in [3.05, 3.63) is 17.8 Å². The van der Waals surface area contributed by atoms with Crippen LogP contribution in [0.5, 0.6) is 0 Å². The second-order valence-corrected chi connectivity index (χ2v) is 4.84. The third-order valence-electron chi connectivity index (χ3n) is 3.44. The van der Waals surface area contributed by atoms with Gasteiger partial charge in [0.15, 0.2) is 0 Å². The van der Waals surface area contributed by atoms with Crippen LogP contribution in [0.4, 0.5) is 5.82 Å². The van der Waals surface area contributed by atoms with Crippen LogP contribution >= 0.6 is 0 Å². The van der Waals surface area contributed by atoms with Crippen LogP contribution in [0, 0.1) is 12.3 Å². The van der Waals surface area contributed by atoms with Gasteiger partial charge in [-0.25, -0.2) is 0 Å². The molecule has 1 heterocycles. The molecule has 2 rings (SSSR count). The van der Waals surface area contributed by atoms with Crippen LogP contribution in [0.25, 0.3) is 0 Å². The van der Waals surface area contributed by atoms with Crippen LogP contribution in [0.1, 0.15) is 31.2 Å². The second-order valence-electron chi connectivity index (χ2n) is 4.84. The summed E-state index contributed by atoms with van der Waals surface area (Å²) in [4.78, 5) is 0. The highest BCUT2D eigenvalue weighted by Gasteiger charge is 2.32. The zero-order valence-electron chi connectivity index (χ0n) is 9.74. The molecule has 0 atom stereocenters. The molecule has 4 heteroatoms. The summed E-state index contributed by atoms with van der Waals surface area (Å²) in [5.41, 5.74) is 1.16. The molecule has 0 aliphatic heterocycles. The predicted molar refractivity (Wildman–Crippen MR) is 63.2 cm³/mol. The van der Waals surface area contributed by atoms with Gasteiger partial charge in [-0.05, 0) is 31.4 Å². The molecule has 88 valence electrons. The Hall–Kier alpha value is -1.16. The van der Waals surface area contributed by atoms with Crippen molar-refractivity contribution in [3.63, 3.8) is 0 Å². The van der Waals surface area contributed by atoms with E-state index in [4.69, 9.17) is 0 Å². The van der Waals surface area contributed by atoms with Gasteiger partial charge in [0.05, 0.1) is 12.8 Å². The first-order chi connectivity index (χ1) is 7.74. The van der Waals surface area contributed by atoms with Crippen LogP contribution in [0.3, 0.4) is 0 Å². The fourth-order valence-corrected chi connectivity index (χ4v) is 2.34. The lowest BCUT2D eigenvalue weighted by atomic mass is 9.87. The van der Waals surface area contributed by atoms with Gasteiger partial charge in [-0.2, -0.15) is 5.10 Å². The number of aromatic nitrogens is 2. The average molecular weight is 221 g/mol. The summed E-state index contributed by atoms with van der Waals surface area (Å²) >= 11 is 0. The van der Waals surface area contributed by atoms with E-state index in [2.05, 4.69) is 15.5 Å². The van der Waals surface area contributed by atoms with Gasteiger partial charge in [0.2, 0.25) is 0 Å². The Bertz CT molecular complexity index is 348. The standard InChI is InChI=1S/C12H19N3O/c1-10-6-11(15-14-7-10)13-8-12(9-16)4-2-3-5-12/h6-7,16H,2-5,8-9H2,1H3,(H,13,15). The maximum absolute atomic E-state index is 9.47. The molecule has 1 aliphatic rings. The molecule has 0 unspecified atom stereocenters. The number of hydrogen-bond donors (Lipinski definition) is 2. The van der Waals surface area contributed by atoms with E-state index in [-0.39, 0.29) is 12.0 Å². The van der Waals surface area contributed by atoms with Gasteiger partial charge in [-0.15, -0.1) is 5.10 Å². The van der Waals surface area contributed by atoms with E-state index in [0.717, 1.165) is 30.8 Å². The Balaban J connectivity index is 1.95. The normalized spacial score (nSPS) is 18.6. The Morgan fingerprint density at radius 3 is 2.81 bits per heavy atom. The van der Waals surface area contributed by atoms with E-state index >= 15 is 0 Å². The summed E-state index contributed by atoms with van der Waals surface area (Å²) in [5, 5.41) is 20.7. The van der Waals surface area contributed by atoms with E-state index in [0.29, 0.717) is 0 Å². The number of anilines is 1. The average Bonchev–Trinajstić information content (AvgIpc) is 2.76. The third-order valence-corrected chi connectivity index (χ3v) is 3.44. The minimum Gasteiger partial charge on any atom is -0.396 e. The SMILES string of the molecule is Cc1cnnc(NCC2(CO)CCCC2)c1. The molecular formula is C12H19N3O. The lowest BCUT2D eigenvalue weighted by Gasteiger charge is -2.26. The summed E-state index contributed by atoms with van der Waals surface area (Å²) in [6.45, 7) is 3.05. The van der Waals surface area contributed by atoms with Gasteiger partial charge in [0, 0.05) is 12.0 Å². The predicted octanol–water partition coefficient (Wildman–Crippen LogP) is 1.75. The van der Waals surface area contributed by atoms with Crippen LogP contribution in [-0.2, 0) is 0 Å². The molecule has 1 fully saturated rings. The summed E-state index contributed by atoms with van der Waals surface area (Å²) in [6.07, 6.45) is 6.40. The molecule has 0 saturated heterocycles. The largest absolute Gasteiger partial charge is 0.396 e. The van der Waals surface area contributed by atoms with E-state index in [1.165, 1.54) is 12.8 Å². The fourth-order valence-electron chi connectivity index (χ4n) is 2.34.